The molecule has 4 N–H and O–H groups in total. The standard InChI is InChI=1S/C16H30N2O3/c1-11(16(20)21)4-3-5-12(2)18-15(19)14-8-6-13(10-17)7-9-14/h11-14H,3-10,17H2,1-2H3,(H,18,19)(H,20,21). The van der Waals surface area contributed by atoms with Crippen LogP contribution in [0.4, 0.5) is 0 Å². The molecular formula is C16H30N2O3. The summed E-state index contributed by atoms with van der Waals surface area (Å²) >= 11 is 0. The Morgan fingerprint density at radius 2 is 1.81 bits per heavy atom. The Hall–Kier alpha value is -1.10. The number of carbonyl (C=O) groups is 2. The number of carboxylic acid groups (broad SMARTS) is 1. The summed E-state index contributed by atoms with van der Waals surface area (Å²) in [6, 6.07) is 0.116. The van der Waals surface area contributed by atoms with Crippen LogP contribution in [0.2, 0.25) is 0 Å². The van der Waals surface area contributed by atoms with Gasteiger partial charge in [-0.2, -0.15) is 0 Å². The van der Waals surface area contributed by atoms with Crippen molar-refractivity contribution >= 4 is 11.9 Å². The second kappa shape index (κ2) is 9.03. The van der Waals surface area contributed by atoms with E-state index in [1.165, 1.54) is 0 Å². The Labute approximate surface area is 127 Å². The van der Waals surface area contributed by atoms with Gasteiger partial charge in [-0.1, -0.05) is 13.3 Å². The van der Waals surface area contributed by atoms with Crippen molar-refractivity contribution in [3.05, 3.63) is 0 Å². The zero-order valence-corrected chi connectivity index (χ0v) is 13.3. The highest BCUT2D eigenvalue weighted by Gasteiger charge is 2.26. The highest BCUT2D eigenvalue weighted by molar-refractivity contribution is 5.79. The molecule has 0 aliphatic heterocycles. The molecule has 0 spiro atoms. The second-order valence-electron chi connectivity index (χ2n) is 6.53. The summed E-state index contributed by atoms with van der Waals surface area (Å²) in [5, 5.41) is 11.9. The van der Waals surface area contributed by atoms with E-state index >= 15 is 0 Å². The van der Waals surface area contributed by atoms with Gasteiger partial charge in [0.15, 0.2) is 0 Å². The number of amides is 1. The fraction of sp³-hybridized carbons (Fsp3) is 0.875. The van der Waals surface area contributed by atoms with Gasteiger partial charge in [-0.15, -0.1) is 0 Å². The van der Waals surface area contributed by atoms with E-state index in [0.717, 1.165) is 45.1 Å². The number of hydrogen-bond acceptors (Lipinski definition) is 3. The molecule has 1 saturated carbocycles. The first-order valence-electron chi connectivity index (χ1n) is 8.17. The number of nitrogens with one attached hydrogen (secondary N) is 1. The van der Waals surface area contributed by atoms with Gasteiger partial charge in [0.1, 0.15) is 0 Å². The van der Waals surface area contributed by atoms with Crippen molar-refractivity contribution in [2.75, 3.05) is 6.54 Å². The van der Waals surface area contributed by atoms with Crippen LogP contribution in [0.3, 0.4) is 0 Å². The molecule has 1 amide bonds. The molecule has 0 aromatic rings. The molecule has 2 unspecified atom stereocenters. The fourth-order valence-corrected chi connectivity index (χ4v) is 2.95. The van der Waals surface area contributed by atoms with Crippen LogP contribution >= 0.6 is 0 Å². The minimum atomic E-state index is -0.747. The van der Waals surface area contributed by atoms with Crippen molar-refractivity contribution < 1.29 is 14.7 Å². The number of carboxylic acids is 1. The Morgan fingerprint density at radius 1 is 1.19 bits per heavy atom. The third kappa shape index (κ3) is 6.46. The number of nitrogens with two attached hydrogens (primary N) is 1. The van der Waals surface area contributed by atoms with Gasteiger partial charge in [0.05, 0.1) is 5.92 Å². The summed E-state index contributed by atoms with van der Waals surface area (Å²) in [7, 11) is 0. The third-order valence-electron chi connectivity index (χ3n) is 4.64. The molecule has 122 valence electrons. The molecular weight excluding hydrogens is 268 g/mol. The van der Waals surface area contributed by atoms with Crippen molar-refractivity contribution in [1.29, 1.82) is 0 Å². The molecule has 1 aliphatic carbocycles. The molecule has 0 saturated heterocycles. The van der Waals surface area contributed by atoms with Crippen LogP contribution in [0.1, 0.15) is 58.8 Å². The lowest BCUT2D eigenvalue weighted by Crippen LogP contribution is -2.39. The molecule has 1 aliphatic rings. The van der Waals surface area contributed by atoms with E-state index in [2.05, 4.69) is 5.32 Å². The molecule has 0 heterocycles. The van der Waals surface area contributed by atoms with Crippen LogP contribution in [-0.2, 0) is 9.59 Å². The van der Waals surface area contributed by atoms with E-state index in [-0.39, 0.29) is 23.8 Å². The van der Waals surface area contributed by atoms with Crippen molar-refractivity contribution in [3.8, 4) is 0 Å². The van der Waals surface area contributed by atoms with Gasteiger partial charge in [-0.3, -0.25) is 9.59 Å². The smallest absolute Gasteiger partial charge is 0.306 e. The van der Waals surface area contributed by atoms with Crippen LogP contribution in [-0.4, -0.2) is 29.6 Å². The normalized spacial score (nSPS) is 25.1. The summed E-state index contributed by atoms with van der Waals surface area (Å²) < 4.78 is 0. The van der Waals surface area contributed by atoms with E-state index < -0.39 is 5.97 Å². The number of hydrogen-bond donors (Lipinski definition) is 3. The molecule has 5 heteroatoms. The van der Waals surface area contributed by atoms with Crippen LogP contribution in [0.5, 0.6) is 0 Å². The topological polar surface area (TPSA) is 92.4 Å². The van der Waals surface area contributed by atoms with E-state index in [4.69, 9.17) is 10.8 Å². The molecule has 1 fully saturated rings. The first-order chi connectivity index (χ1) is 9.93. The molecule has 5 nitrogen and oxygen atoms in total. The lowest BCUT2D eigenvalue weighted by Gasteiger charge is -2.28. The number of rotatable bonds is 8. The van der Waals surface area contributed by atoms with Crippen molar-refractivity contribution in [2.24, 2.45) is 23.5 Å². The minimum absolute atomic E-state index is 0.116. The van der Waals surface area contributed by atoms with Crippen molar-refractivity contribution in [2.45, 2.75) is 64.8 Å². The Bertz CT molecular complexity index is 338. The molecule has 0 radical (unpaired) electrons. The van der Waals surface area contributed by atoms with Crippen molar-refractivity contribution in [1.82, 2.24) is 5.32 Å². The maximum atomic E-state index is 12.2. The summed E-state index contributed by atoms with van der Waals surface area (Å²) in [6.07, 6.45) is 6.32. The summed E-state index contributed by atoms with van der Waals surface area (Å²) in [4.78, 5) is 22.9. The maximum Gasteiger partial charge on any atom is 0.306 e. The van der Waals surface area contributed by atoms with Gasteiger partial charge in [-0.25, -0.2) is 0 Å². The molecule has 2 atom stereocenters. The zero-order valence-electron chi connectivity index (χ0n) is 13.3. The van der Waals surface area contributed by atoms with Gasteiger partial charge < -0.3 is 16.2 Å². The van der Waals surface area contributed by atoms with E-state index in [1.54, 1.807) is 6.92 Å². The van der Waals surface area contributed by atoms with Gasteiger partial charge in [0, 0.05) is 12.0 Å². The van der Waals surface area contributed by atoms with E-state index in [0.29, 0.717) is 12.3 Å². The lowest BCUT2D eigenvalue weighted by molar-refractivity contribution is -0.141. The molecule has 1 rings (SSSR count). The van der Waals surface area contributed by atoms with Gasteiger partial charge in [0.25, 0.3) is 0 Å². The SMILES string of the molecule is CC(CCCC(C)C(=O)O)NC(=O)C1CCC(CN)CC1. The molecule has 0 aromatic carbocycles. The fourth-order valence-electron chi connectivity index (χ4n) is 2.95. The predicted octanol–water partition coefficient (Wildman–Crippen LogP) is 2.15. The second-order valence-corrected chi connectivity index (χ2v) is 6.53. The summed E-state index contributed by atoms with van der Waals surface area (Å²) in [6.45, 7) is 4.45. The molecule has 0 bridgehead atoms. The first kappa shape index (κ1) is 18.0. The molecule has 0 aromatic heterocycles. The number of carbonyl (C=O) groups excluding carboxylic acids is 1. The summed E-state index contributed by atoms with van der Waals surface area (Å²) in [5.41, 5.74) is 5.66. The highest BCUT2D eigenvalue weighted by Crippen LogP contribution is 2.28. The monoisotopic (exact) mass is 298 g/mol. The van der Waals surface area contributed by atoms with E-state index in [1.807, 2.05) is 6.92 Å². The van der Waals surface area contributed by atoms with Gasteiger partial charge in [0.2, 0.25) is 5.91 Å². The van der Waals surface area contributed by atoms with Crippen LogP contribution in [0.15, 0.2) is 0 Å². The van der Waals surface area contributed by atoms with Gasteiger partial charge >= 0.3 is 5.97 Å². The largest absolute Gasteiger partial charge is 0.481 e. The Kier molecular flexibility index (Phi) is 7.72. The van der Waals surface area contributed by atoms with E-state index in [9.17, 15) is 9.59 Å². The van der Waals surface area contributed by atoms with Crippen LogP contribution < -0.4 is 11.1 Å². The van der Waals surface area contributed by atoms with Crippen LogP contribution in [0, 0.1) is 17.8 Å². The third-order valence-corrected chi connectivity index (χ3v) is 4.64. The Balaban J connectivity index is 2.20. The average Bonchev–Trinajstić information content (AvgIpc) is 2.46. The minimum Gasteiger partial charge on any atom is -0.481 e. The highest BCUT2D eigenvalue weighted by atomic mass is 16.4. The maximum absolute atomic E-state index is 12.2. The van der Waals surface area contributed by atoms with Crippen molar-refractivity contribution in [3.63, 3.8) is 0 Å². The first-order valence-corrected chi connectivity index (χ1v) is 8.17. The zero-order chi connectivity index (χ0) is 15.8. The predicted molar refractivity (Wildman–Crippen MR) is 82.8 cm³/mol. The van der Waals surface area contributed by atoms with Crippen LogP contribution in [0.25, 0.3) is 0 Å². The summed E-state index contributed by atoms with van der Waals surface area (Å²) in [5.74, 6) is -0.177. The quantitative estimate of drug-likeness (QED) is 0.640. The number of aliphatic carboxylic acids is 1. The average molecular weight is 298 g/mol. The van der Waals surface area contributed by atoms with Gasteiger partial charge in [-0.05, 0) is 57.9 Å². The molecule has 21 heavy (non-hydrogen) atoms. The Morgan fingerprint density at radius 3 is 2.33 bits per heavy atom. The lowest BCUT2D eigenvalue weighted by atomic mass is 9.81.